The van der Waals surface area contributed by atoms with Crippen LogP contribution in [0.1, 0.15) is 54.5 Å². The van der Waals surface area contributed by atoms with Gasteiger partial charge in [-0.25, -0.2) is 0 Å². The number of aryl methyl sites for hydroxylation is 3. The van der Waals surface area contributed by atoms with Crippen LogP contribution in [0.3, 0.4) is 0 Å². The molecule has 1 aliphatic rings. The number of pyridine rings is 1. The number of ether oxygens (including phenoxy) is 1. The van der Waals surface area contributed by atoms with Crippen molar-refractivity contribution in [1.29, 1.82) is 0 Å². The minimum Gasteiger partial charge on any atom is -0.497 e. The molecule has 1 fully saturated rings. The first-order valence-corrected chi connectivity index (χ1v) is 13.8. The Balaban J connectivity index is 1.28. The molecule has 5 nitrogen and oxygen atoms in total. The van der Waals surface area contributed by atoms with E-state index in [0.29, 0.717) is 5.92 Å². The van der Waals surface area contributed by atoms with E-state index in [0.717, 1.165) is 68.4 Å². The Morgan fingerprint density at radius 3 is 2.83 bits per heavy atom. The first kappa shape index (κ1) is 25.6. The second kappa shape index (κ2) is 12.5. The van der Waals surface area contributed by atoms with Gasteiger partial charge in [0.25, 0.3) is 0 Å². The van der Waals surface area contributed by atoms with Crippen LogP contribution in [0.2, 0.25) is 0 Å². The fraction of sp³-hybridized carbons (Fsp3) is 0.517. The van der Waals surface area contributed by atoms with E-state index in [1.807, 2.05) is 29.7 Å². The van der Waals surface area contributed by atoms with Crippen LogP contribution in [0.25, 0.3) is 10.9 Å². The summed E-state index contributed by atoms with van der Waals surface area (Å²) in [6.45, 7) is 5.29. The standard InChI is InChI=1S/C29H38N2O3S/c1-21-13-17-35-28(21)8-3-4-15-31-16-12-22(24(20-31)18-29(32)33)6-5-7-23-11-14-30-27-10-9-25(34-2)19-26(23)27/h9-11,13-14,17,19,22,24H,3-8,12,15-16,18,20H2,1-2H3,(H,32,33)/t22-,24+/m1/s1. The molecule has 35 heavy (non-hydrogen) atoms. The number of fused-ring (bicyclic) bond motifs is 1. The molecule has 6 heteroatoms. The van der Waals surface area contributed by atoms with E-state index in [4.69, 9.17) is 4.74 Å². The molecule has 3 heterocycles. The fourth-order valence-corrected chi connectivity index (χ4v) is 6.51. The number of piperidine rings is 1. The summed E-state index contributed by atoms with van der Waals surface area (Å²) >= 11 is 1.86. The van der Waals surface area contributed by atoms with E-state index in [2.05, 4.69) is 40.4 Å². The first-order chi connectivity index (χ1) is 17.0. The second-order valence-electron chi connectivity index (χ2n) is 9.94. The lowest BCUT2D eigenvalue weighted by Gasteiger charge is -2.38. The van der Waals surface area contributed by atoms with Crippen LogP contribution in [0.4, 0.5) is 0 Å². The maximum Gasteiger partial charge on any atom is 0.303 e. The van der Waals surface area contributed by atoms with Gasteiger partial charge in [-0.05, 0) is 124 Å². The van der Waals surface area contributed by atoms with E-state index in [9.17, 15) is 9.90 Å². The summed E-state index contributed by atoms with van der Waals surface area (Å²) in [5.41, 5.74) is 3.70. The molecule has 3 aromatic rings. The van der Waals surface area contributed by atoms with Gasteiger partial charge < -0.3 is 14.7 Å². The molecule has 0 radical (unpaired) electrons. The number of carbonyl (C=O) groups is 1. The van der Waals surface area contributed by atoms with Gasteiger partial charge in [0.05, 0.1) is 12.6 Å². The van der Waals surface area contributed by atoms with Gasteiger partial charge in [-0.1, -0.05) is 0 Å². The number of unbranched alkanes of at least 4 members (excludes halogenated alkanes) is 1. The number of likely N-dealkylation sites (tertiary alicyclic amines) is 1. The lowest BCUT2D eigenvalue weighted by atomic mass is 9.79. The number of thiophene rings is 1. The van der Waals surface area contributed by atoms with Gasteiger partial charge in [0.15, 0.2) is 0 Å². The summed E-state index contributed by atoms with van der Waals surface area (Å²) in [6, 6.07) is 10.3. The third-order valence-corrected chi connectivity index (χ3v) is 8.65. The Bertz CT molecular complexity index is 1110. The Hall–Kier alpha value is -2.44. The Labute approximate surface area is 213 Å². The van der Waals surface area contributed by atoms with Crippen molar-refractivity contribution in [3.63, 3.8) is 0 Å². The number of benzene rings is 1. The van der Waals surface area contributed by atoms with Crippen molar-refractivity contribution in [3.8, 4) is 5.75 Å². The number of aliphatic carboxylic acids is 1. The molecule has 1 aromatic carbocycles. The van der Waals surface area contributed by atoms with Crippen LogP contribution in [0, 0.1) is 18.8 Å². The van der Waals surface area contributed by atoms with Gasteiger partial charge in [-0.15, -0.1) is 11.3 Å². The van der Waals surface area contributed by atoms with Gasteiger partial charge in [0.2, 0.25) is 0 Å². The van der Waals surface area contributed by atoms with Gasteiger partial charge in [0, 0.05) is 29.4 Å². The minimum atomic E-state index is -0.665. The van der Waals surface area contributed by atoms with Gasteiger partial charge in [-0.3, -0.25) is 9.78 Å². The predicted octanol–water partition coefficient (Wildman–Crippen LogP) is 6.37. The quantitative estimate of drug-likeness (QED) is 0.296. The summed E-state index contributed by atoms with van der Waals surface area (Å²) in [4.78, 5) is 20.1. The molecule has 0 bridgehead atoms. The second-order valence-corrected chi connectivity index (χ2v) is 10.9. The number of methoxy groups -OCH3 is 1. The zero-order chi connectivity index (χ0) is 24.6. The van der Waals surface area contributed by atoms with Gasteiger partial charge in [0.1, 0.15) is 5.75 Å². The molecule has 2 atom stereocenters. The van der Waals surface area contributed by atoms with E-state index >= 15 is 0 Å². The number of carboxylic acids is 1. The minimum absolute atomic E-state index is 0.245. The summed E-state index contributed by atoms with van der Waals surface area (Å²) in [5.74, 6) is 0.919. The molecule has 1 aliphatic heterocycles. The van der Waals surface area contributed by atoms with Crippen molar-refractivity contribution < 1.29 is 14.6 Å². The van der Waals surface area contributed by atoms with Gasteiger partial charge in [-0.2, -0.15) is 0 Å². The molecule has 188 valence electrons. The highest BCUT2D eigenvalue weighted by Crippen LogP contribution is 2.32. The Morgan fingerprint density at radius 1 is 1.17 bits per heavy atom. The van der Waals surface area contributed by atoms with Crippen LogP contribution >= 0.6 is 11.3 Å². The molecular formula is C29H38N2O3S. The maximum atomic E-state index is 11.6. The molecule has 0 amide bonds. The van der Waals surface area contributed by atoms with Crippen LogP contribution in [-0.2, 0) is 17.6 Å². The highest BCUT2D eigenvalue weighted by molar-refractivity contribution is 7.10. The van der Waals surface area contributed by atoms with E-state index in [-0.39, 0.29) is 12.3 Å². The molecule has 4 rings (SSSR count). The van der Waals surface area contributed by atoms with Crippen molar-refractivity contribution in [1.82, 2.24) is 9.88 Å². The average molecular weight is 495 g/mol. The number of hydrogen-bond acceptors (Lipinski definition) is 5. The van der Waals surface area contributed by atoms with Crippen LogP contribution in [0.5, 0.6) is 5.75 Å². The van der Waals surface area contributed by atoms with Crippen molar-refractivity contribution >= 4 is 28.2 Å². The van der Waals surface area contributed by atoms with E-state index in [1.54, 1.807) is 7.11 Å². The number of carboxylic acid groups (broad SMARTS) is 1. The smallest absolute Gasteiger partial charge is 0.303 e. The number of aromatic nitrogens is 1. The third kappa shape index (κ3) is 7.05. The Morgan fingerprint density at radius 2 is 2.06 bits per heavy atom. The normalized spacial score (nSPS) is 18.7. The van der Waals surface area contributed by atoms with Crippen LogP contribution in [-0.4, -0.2) is 47.7 Å². The highest BCUT2D eigenvalue weighted by atomic mass is 32.1. The average Bonchev–Trinajstić information content (AvgIpc) is 3.27. The molecule has 2 aromatic heterocycles. The number of nitrogens with zero attached hydrogens (tertiary/aromatic N) is 2. The van der Waals surface area contributed by atoms with Crippen LogP contribution < -0.4 is 4.74 Å². The SMILES string of the molecule is COc1ccc2nccc(CCC[C@@H]3CCN(CCCCc4sccc4C)C[C@@H]3CC(=O)O)c2c1. The van der Waals surface area contributed by atoms with Crippen molar-refractivity contribution in [2.24, 2.45) is 11.8 Å². The third-order valence-electron chi connectivity index (χ3n) is 7.57. The molecule has 0 spiro atoms. The lowest BCUT2D eigenvalue weighted by molar-refractivity contribution is -0.139. The topological polar surface area (TPSA) is 62.7 Å². The monoisotopic (exact) mass is 494 g/mol. The van der Waals surface area contributed by atoms with Gasteiger partial charge >= 0.3 is 5.97 Å². The summed E-state index contributed by atoms with van der Waals surface area (Å²) in [7, 11) is 1.69. The molecule has 1 N–H and O–H groups in total. The molecule has 0 aliphatic carbocycles. The Kier molecular flexibility index (Phi) is 9.16. The zero-order valence-electron chi connectivity index (χ0n) is 21.0. The number of rotatable bonds is 12. The summed E-state index contributed by atoms with van der Waals surface area (Å²) in [6.07, 6.45) is 9.94. The number of hydrogen-bond donors (Lipinski definition) is 1. The molecule has 0 saturated carbocycles. The maximum absolute atomic E-state index is 11.6. The van der Waals surface area contributed by atoms with E-state index < -0.39 is 5.97 Å². The molecule has 1 saturated heterocycles. The fourth-order valence-electron chi connectivity index (χ4n) is 5.56. The largest absolute Gasteiger partial charge is 0.497 e. The highest BCUT2D eigenvalue weighted by Gasteiger charge is 2.30. The zero-order valence-corrected chi connectivity index (χ0v) is 21.9. The summed E-state index contributed by atoms with van der Waals surface area (Å²) < 4.78 is 5.41. The lowest BCUT2D eigenvalue weighted by Crippen LogP contribution is -2.41. The summed E-state index contributed by atoms with van der Waals surface area (Å²) in [5, 5.41) is 12.9. The first-order valence-electron chi connectivity index (χ1n) is 12.9. The van der Waals surface area contributed by atoms with Crippen molar-refractivity contribution in [2.45, 2.75) is 58.3 Å². The molecular weight excluding hydrogens is 456 g/mol. The predicted molar refractivity (Wildman–Crippen MR) is 144 cm³/mol. The van der Waals surface area contributed by atoms with Crippen molar-refractivity contribution in [2.75, 3.05) is 26.7 Å². The molecule has 0 unspecified atom stereocenters. The van der Waals surface area contributed by atoms with Crippen LogP contribution in [0.15, 0.2) is 41.9 Å². The van der Waals surface area contributed by atoms with E-state index in [1.165, 1.54) is 28.8 Å². The van der Waals surface area contributed by atoms with Crippen molar-refractivity contribution in [3.05, 3.63) is 57.9 Å².